The summed E-state index contributed by atoms with van der Waals surface area (Å²) >= 11 is 1.83. The maximum absolute atomic E-state index is 12.3. The van der Waals surface area contributed by atoms with Gasteiger partial charge in [0.2, 0.25) is 5.91 Å². The number of aromatic nitrogens is 2. The van der Waals surface area contributed by atoms with Gasteiger partial charge in [-0.25, -0.2) is 4.98 Å². The molecule has 5 heteroatoms. The second-order valence-corrected chi connectivity index (χ2v) is 12.0. The van der Waals surface area contributed by atoms with Crippen LogP contribution in [0.3, 0.4) is 0 Å². The third-order valence-corrected chi connectivity index (χ3v) is 7.16. The second kappa shape index (κ2) is 13.7. The highest BCUT2D eigenvalue weighted by molar-refractivity contribution is 7.99. The van der Waals surface area contributed by atoms with Gasteiger partial charge >= 0.3 is 0 Å². The van der Waals surface area contributed by atoms with E-state index in [2.05, 4.69) is 105 Å². The molecule has 3 rings (SSSR count). The monoisotopic (exact) mass is 505 g/mol. The number of rotatable bonds is 13. The van der Waals surface area contributed by atoms with Gasteiger partial charge in [0.1, 0.15) is 0 Å². The van der Waals surface area contributed by atoms with Crippen LogP contribution in [-0.2, 0) is 11.3 Å². The van der Waals surface area contributed by atoms with E-state index in [4.69, 9.17) is 4.98 Å². The largest absolute Gasteiger partial charge is 0.356 e. The number of unbranched alkanes of at least 4 members (excludes halogenated alkanes) is 1. The molecule has 0 radical (unpaired) electrons. The van der Waals surface area contributed by atoms with Gasteiger partial charge in [-0.3, -0.25) is 4.79 Å². The maximum atomic E-state index is 12.3. The number of thioether (sulfide) groups is 1. The molecule has 0 saturated heterocycles. The smallest absolute Gasteiger partial charge is 0.220 e. The molecule has 1 unspecified atom stereocenters. The van der Waals surface area contributed by atoms with Crippen LogP contribution in [0.15, 0.2) is 65.8 Å². The molecular formula is C31H43N3OS. The summed E-state index contributed by atoms with van der Waals surface area (Å²) in [7, 11) is 0. The van der Waals surface area contributed by atoms with E-state index in [0.29, 0.717) is 12.3 Å². The van der Waals surface area contributed by atoms with Crippen LogP contribution in [0, 0.1) is 11.3 Å². The molecule has 0 aliphatic heterocycles. The van der Waals surface area contributed by atoms with Gasteiger partial charge in [-0.05, 0) is 37.0 Å². The van der Waals surface area contributed by atoms with Gasteiger partial charge in [0, 0.05) is 36.4 Å². The topological polar surface area (TPSA) is 46.9 Å². The SMILES string of the molecule is CCCn1c(SCCCCNC(=O)CC(C)CC(C)(C)C)nc(-c2ccccc2)c1-c1ccccc1. The molecule has 0 aliphatic carbocycles. The fraction of sp³-hybridized carbons (Fsp3) is 0.484. The zero-order valence-electron chi connectivity index (χ0n) is 22.7. The molecule has 194 valence electrons. The number of carbonyl (C=O) groups is 1. The normalized spacial score (nSPS) is 12.5. The standard InChI is InChI=1S/C31H43N3OS/c1-6-20-34-29(26-17-11-8-12-18-26)28(25-15-9-7-10-16-25)33-30(34)36-21-14-13-19-32-27(35)22-24(2)23-31(3,4)5/h7-12,15-18,24H,6,13-14,19-23H2,1-5H3,(H,32,35). The third-order valence-electron chi connectivity index (χ3n) is 6.09. The van der Waals surface area contributed by atoms with Crippen molar-refractivity contribution in [3.63, 3.8) is 0 Å². The Kier molecular flexibility index (Phi) is 10.7. The molecule has 1 amide bonds. The van der Waals surface area contributed by atoms with Crippen LogP contribution < -0.4 is 5.32 Å². The highest BCUT2D eigenvalue weighted by atomic mass is 32.2. The number of hydrogen-bond donors (Lipinski definition) is 1. The van der Waals surface area contributed by atoms with Crippen molar-refractivity contribution in [3.05, 3.63) is 60.7 Å². The third kappa shape index (κ3) is 8.55. The lowest BCUT2D eigenvalue weighted by Gasteiger charge is -2.22. The van der Waals surface area contributed by atoms with E-state index in [1.54, 1.807) is 0 Å². The fourth-order valence-electron chi connectivity index (χ4n) is 4.78. The molecular weight excluding hydrogens is 462 g/mol. The number of carbonyl (C=O) groups excluding carboxylic acids is 1. The first-order valence-electron chi connectivity index (χ1n) is 13.4. The molecule has 0 spiro atoms. The Hall–Kier alpha value is -2.53. The van der Waals surface area contributed by atoms with Gasteiger partial charge in [-0.15, -0.1) is 0 Å². The van der Waals surface area contributed by atoms with Crippen LogP contribution in [0.2, 0.25) is 0 Å². The number of amides is 1. The van der Waals surface area contributed by atoms with Crippen molar-refractivity contribution >= 4 is 17.7 Å². The Labute approximate surface area is 222 Å². The summed E-state index contributed by atoms with van der Waals surface area (Å²) in [6.45, 7) is 12.8. The molecule has 0 saturated carbocycles. The van der Waals surface area contributed by atoms with Crippen LogP contribution in [0.1, 0.15) is 66.7 Å². The number of nitrogens with zero attached hydrogens (tertiary/aromatic N) is 2. The van der Waals surface area contributed by atoms with Crippen molar-refractivity contribution in [1.82, 2.24) is 14.9 Å². The summed E-state index contributed by atoms with van der Waals surface area (Å²) in [5.41, 5.74) is 4.86. The minimum absolute atomic E-state index is 0.179. The van der Waals surface area contributed by atoms with E-state index >= 15 is 0 Å². The first-order chi connectivity index (χ1) is 17.3. The molecule has 0 fully saturated rings. The van der Waals surface area contributed by atoms with E-state index in [0.717, 1.165) is 60.9 Å². The van der Waals surface area contributed by atoms with Crippen molar-refractivity contribution < 1.29 is 4.79 Å². The van der Waals surface area contributed by atoms with Crippen molar-refractivity contribution in [3.8, 4) is 22.5 Å². The van der Waals surface area contributed by atoms with Crippen molar-refractivity contribution in [2.75, 3.05) is 12.3 Å². The summed E-state index contributed by atoms with van der Waals surface area (Å²) in [5, 5.41) is 4.20. The lowest BCUT2D eigenvalue weighted by Crippen LogP contribution is -2.27. The Morgan fingerprint density at radius 2 is 1.64 bits per heavy atom. The first kappa shape index (κ1) is 28.0. The van der Waals surface area contributed by atoms with Gasteiger partial charge in [0.05, 0.1) is 11.4 Å². The van der Waals surface area contributed by atoms with Gasteiger partial charge in [-0.2, -0.15) is 0 Å². The fourth-order valence-corrected chi connectivity index (χ4v) is 5.81. The molecule has 0 aliphatic rings. The molecule has 1 aromatic heterocycles. The molecule has 0 bridgehead atoms. The summed E-state index contributed by atoms with van der Waals surface area (Å²) < 4.78 is 2.39. The van der Waals surface area contributed by atoms with Crippen LogP contribution in [0.5, 0.6) is 0 Å². The first-order valence-corrected chi connectivity index (χ1v) is 14.4. The van der Waals surface area contributed by atoms with Gasteiger partial charge in [0.15, 0.2) is 5.16 Å². The minimum atomic E-state index is 0.179. The molecule has 4 nitrogen and oxygen atoms in total. The zero-order chi connectivity index (χ0) is 26.0. The van der Waals surface area contributed by atoms with E-state index < -0.39 is 0 Å². The maximum Gasteiger partial charge on any atom is 0.220 e. The Bertz CT molecular complexity index is 1070. The van der Waals surface area contributed by atoms with Crippen LogP contribution in [0.25, 0.3) is 22.5 Å². The number of hydrogen-bond acceptors (Lipinski definition) is 3. The average molecular weight is 506 g/mol. The predicted molar refractivity (Wildman–Crippen MR) is 154 cm³/mol. The Morgan fingerprint density at radius 1 is 1.00 bits per heavy atom. The van der Waals surface area contributed by atoms with E-state index in [1.165, 1.54) is 11.3 Å². The van der Waals surface area contributed by atoms with E-state index in [9.17, 15) is 4.79 Å². The quantitative estimate of drug-likeness (QED) is 0.189. The van der Waals surface area contributed by atoms with Gasteiger partial charge in [-0.1, -0.05) is 107 Å². The molecule has 3 aromatic rings. The molecule has 1 atom stereocenters. The van der Waals surface area contributed by atoms with Gasteiger partial charge in [0.25, 0.3) is 0 Å². The number of nitrogens with one attached hydrogen (secondary N) is 1. The molecule has 1 N–H and O–H groups in total. The van der Waals surface area contributed by atoms with Crippen LogP contribution in [0.4, 0.5) is 0 Å². The number of benzene rings is 2. The van der Waals surface area contributed by atoms with Crippen LogP contribution in [-0.4, -0.2) is 27.8 Å². The average Bonchev–Trinajstić information content (AvgIpc) is 3.19. The minimum Gasteiger partial charge on any atom is -0.356 e. The second-order valence-electron chi connectivity index (χ2n) is 11.0. The van der Waals surface area contributed by atoms with E-state index in [1.807, 2.05) is 11.8 Å². The van der Waals surface area contributed by atoms with Crippen molar-refractivity contribution in [2.24, 2.45) is 11.3 Å². The number of imidazole rings is 1. The van der Waals surface area contributed by atoms with Crippen LogP contribution >= 0.6 is 11.8 Å². The molecule has 1 heterocycles. The molecule has 2 aromatic carbocycles. The highest BCUT2D eigenvalue weighted by Crippen LogP contribution is 2.36. The molecule has 36 heavy (non-hydrogen) atoms. The Balaban J connectivity index is 1.60. The van der Waals surface area contributed by atoms with E-state index in [-0.39, 0.29) is 11.3 Å². The van der Waals surface area contributed by atoms with Crippen molar-refractivity contribution in [2.45, 2.75) is 78.4 Å². The summed E-state index contributed by atoms with van der Waals surface area (Å²) in [6, 6.07) is 21.1. The summed E-state index contributed by atoms with van der Waals surface area (Å²) in [5.74, 6) is 1.58. The zero-order valence-corrected chi connectivity index (χ0v) is 23.5. The predicted octanol–water partition coefficient (Wildman–Crippen LogP) is 8.08. The highest BCUT2D eigenvalue weighted by Gasteiger charge is 2.20. The Morgan fingerprint density at radius 3 is 2.25 bits per heavy atom. The lowest BCUT2D eigenvalue weighted by atomic mass is 9.84. The van der Waals surface area contributed by atoms with Gasteiger partial charge < -0.3 is 9.88 Å². The van der Waals surface area contributed by atoms with Crippen molar-refractivity contribution in [1.29, 1.82) is 0 Å². The summed E-state index contributed by atoms with van der Waals surface area (Å²) in [4.78, 5) is 17.4. The lowest BCUT2D eigenvalue weighted by molar-refractivity contribution is -0.122. The summed E-state index contributed by atoms with van der Waals surface area (Å²) in [6.07, 6.45) is 4.76.